The zero-order valence-corrected chi connectivity index (χ0v) is 7.43. The van der Waals surface area contributed by atoms with Crippen molar-refractivity contribution in [3.8, 4) is 6.07 Å². The topological polar surface area (TPSA) is 40.9 Å². The van der Waals surface area contributed by atoms with Crippen molar-refractivity contribution < 1.29 is 9.18 Å². The Kier molecular flexibility index (Phi) is 2.56. The van der Waals surface area contributed by atoms with Gasteiger partial charge in [-0.2, -0.15) is 5.26 Å². The zero-order chi connectivity index (χ0) is 9.14. The lowest BCUT2D eigenvalue weighted by Crippen LogP contribution is -1.92. The van der Waals surface area contributed by atoms with Crippen LogP contribution in [0.1, 0.15) is 15.9 Å². The lowest BCUT2D eigenvalue weighted by atomic mass is 10.1. The molecular formula is C8H3BrFNO. The molecule has 0 aliphatic rings. The predicted octanol–water partition coefficient (Wildman–Crippen LogP) is 2.27. The molecule has 0 atom stereocenters. The maximum absolute atomic E-state index is 13.0. The zero-order valence-electron chi connectivity index (χ0n) is 5.84. The fraction of sp³-hybridized carbons (Fsp3) is 0. The molecule has 0 aliphatic heterocycles. The first-order valence-electron chi connectivity index (χ1n) is 3.03. The summed E-state index contributed by atoms with van der Waals surface area (Å²) < 4.78 is 13.5. The normalized spacial score (nSPS) is 9.08. The van der Waals surface area contributed by atoms with Crippen molar-refractivity contribution in [2.45, 2.75) is 0 Å². The van der Waals surface area contributed by atoms with E-state index in [-0.39, 0.29) is 11.1 Å². The van der Waals surface area contributed by atoms with Crippen molar-refractivity contribution in [1.29, 1.82) is 5.26 Å². The number of benzene rings is 1. The maximum Gasteiger partial charge on any atom is 0.153 e. The van der Waals surface area contributed by atoms with E-state index >= 15 is 0 Å². The summed E-state index contributed by atoms with van der Waals surface area (Å²) in [5, 5.41) is 8.44. The van der Waals surface area contributed by atoms with E-state index in [9.17, 15) is 9.18 Å². The van der Waals surface area contributed by atoms with Crippen LogP contribution in [0.5, 0.6) is 0 Å². The molecule has 0 radical (unpaired) electrons. The van der Waals surface area contributed by atoms with E-state index in [1.807, 2.05) is 0 Å². The average molecular weight is 228 g/mol. The summed E-state index contributed by atoms with van der Waals surface area (Å²) in [6.45, 7) is 0. The molecule has 0 spiro atoms. The minimum atomic E-state index is -0.768. The molecule has 0 unspecified atom stereocenters. The number of hydrogen-bond acceptors (Lipinski definition) is 2. The Labute approximate surface area is 76.7 Å². The van der Waals surface area contributed by atoms with Gasteiger partial charge in [-0.25, -0.2) is 4.39 Å². The molecule has 0 fully saturated rings. The van der Waals surface area contributed by atoms with Gasteiger partial charge in [0.25, 0.3) is 0 Å². The minimum Gasteiger partial charge on any atom is -0.298 e. The molecule has 1 rings (SSSR count). The van der Waals surface area contributed by atoms with E-state index in [4.69, 9.17) is 5.26 Å². The number of carbonyl (C=O) groups is 1. The van der Waals surface area contributed by atoms with Gasteiger partial charge in [-0.15, -0.1) is 0 Å². The van der Waals surface area contributed by atoms with Crippen LogP contribution in [0, 0.1) is 17.1 Å². The molecule has 0 aromatic heterocycles. The quantitative estimate of drug-likeness (QED) is 0.691. The first-order chi connectivity index (χ1) is 5.69. The van der Waals surface area contributed by atoms with Crippen molar-refractivity contribution in [2.75, 3.05) is 0 Å². The second kappa shape index (κ2) is 3.46. The summed E-state index contributed by atoms with van der Waals surface area (Å²) in [5.74, 6) is -0.768. The van der Waals surface area contributed by atoms with Gasteiger partial charge in [-0.05, 0) is 12.1 Å². The van der Waals surface area contributed by atoms with Crippen LogP contribution in [0.3, 0.4) is 0 Å². The van der Waals surface area contributed by atoms with Gasteiger partial charge < -0.3 is 0 Å². The van der Waals surface area contributed by atoms with Gasteiger partial charge in [-0.3, -0.25) is 4.79 Å². The highest BCUT2D eigenvalue weighted by atomic mass is 79.9. The lowest BCUT2D eigenvalue weighted by Gasteiger charge is -1.97. The molecule has 2 nitrogen and oxygen atoms in total. The number of aldehydes is 1. The monoisotopic (exact) mass is 227 g/mol. The summed E-state index contributed by atoms with van der Waals surface area (Å²) in [7, 11) is 0. The summed E-state index contributed by atoms with van der Waals surface area (Å²) in [4.78, 5) is 10.3. The van der Waals surface area contributed by atoms with E-state index in [1.54, 1.807) is 6.07 Å². The number of nitrogens with zero attached hydrogens (tertiary/aromatic N) is 1. The standard InChI is InChI=1S/C8H3BrFNO/c9-7-1-5(3-11)8(10)6(2-7)4-12/h1-2,4H. The Balaban J connectivity index is 3.44. The van der Waals surface area contributed by atoms with E-state index in [0.717, 1.165) is 0 Å². The van der Waals surface area contributed by atoms with E-state index in [1.165, 1.54) is 12.1 Å². The highest BCUT2D eigenvalue weighted by molar-refractivity contribution is 9.10. The second-order valence-electron chi connectivity index (χ2n) is 2.09. The highest BCUT2D eigenvalue weighted by Crippen LogP contribution is 2.18. The van der Waals surface area contributed by atoms with Crippen molar-refractivity contribution in [2.24, 2.45) is 0 Å². The predicted molar refractivity (Wildman–Crippen MR) is 44.2 cm³/mol. The third kappa shape index (κ3) is 1.51. The van der Waals surface area contributed by atoms with E-state index < -0.39 is 5.82 Å². The summed E-state index contributed by atoms with van der Waals surface area (Å²) in [5.41, 5.74) is -0.243. The molecule has 0 bridgehead atoms. The lowest BCUT2D eigenvalue weighted by molar-refractivity contribution is 0.111. The van der Waals surface area contributed by atoms with Crippen LogP contribution < -0.4 is 0 Å². The molecule has 0 aliphatic carbocycles. The number of nitriles is 1. The average Bonchev–Trinajstić information content (AvgIpc) is 2.08. The molecule has 4 heteroatoms. The smallest absolute Gasteiger partial charge is 0.153 e. The molecule has 0 heterocycles. The van der Waals surface area contributed by atoms with Crippen LogP contribution in [0.2, 0.25) is 0 Å². The second-order valence-corrected chi connectivity index (χ2v) is 3.00. The van der Waals surface area contributed by atoms with Crippen molar-refractivity contribution in [3.05, 3.63) is 33.5 Å². The van der Waals surface area contributed by atoms with Crippen LogP contribution in [0.4, 0.5) is 4.39 Å². The first kappa shape index (κ1) is 8.88. The Morgan fingerprint density at radius 1 is 1.58 bits per heavy atom. The van der Waals surface area contributed by atoms with Gasteiger partial charge in [0, 0.05) is 4.47 Å². The molecular weight excluding hydrogens is 225 g/mol. The number of rotatable bonds is 1. The molecule has 0 saturated carbocycles. The molecule has 0 amide bonds. The molecule has 60 valence electrons. The molecule has 12 heavy (non-hydrogen) atoms. The Morgan fingerprint density at radius 3 is 2.75 bits per heavy atom. The first-order valence-corrected chi connectivity index (χ1v) is 3.82. The molecule has 0 N–H and O–H groups in total. The van der Waals surface area contributed by atoms with E-state index in [2.05, 4.69) is 15.9 Å². The van der Waals surface area contributed by atoms with Crippen LogP contribution >= 0.6 is 15.9 Å². The molecule has 1 aromatic rings. The highest BCUT2D eigenvalue weighted by Gasteiger charge is 2.08. The maximum atomic E-state index is 13.0. The third-order valence-electron chi connectivity index (χ3n) is 1.31. The van der Waals surface area contributed by atoms with Gasteiger partial charge in [0.1, 0.15) is 6.07 Å². The Morgan fingerprint density at radius 2 is 2.25 bits per heavy atom. The van der Waals surface area contributed by atoms with Crippen LogP contribution in [-0.4, -0.2) is 6.29 Å². The van der Waals surface area contributed by atoms with Gasteiger partial charge in [0.2, 0.25) is 0 Å². The van der Waals surface area contributed by atoms with Crippen LogP contribution in [0.15, 0.2) is 16.6 Å². The van der Waals surface area contributed by atoms with Gasteiger partial charge in [-0.1, -0.05) is 15.9 Å². The third-order valence-corrected chi connectivity index (χ3v) is 1.77. The van der Waals surface area contributed by atoms with Gasteiger partial charge >= 0.3 is 0 Å². The summed E-state index contributed by atoms with van der Waals surface area (Å²) >= 11 is 3.05. The van der Waals surface area contributed by atoms with Crippen molar-refractivity contribution in [3.63, 3.8) is 0 Å². The Hall–Kier alpha value is -1.21. The number of halogens is 2. The summed E-state index contributed by atoms with van der Waals surface area (Å²) in [6.07, 6.45) is 0.376. The largest absolute Gasteiger partial charge is 0.298 e. The van der Waals surface area contributed by atoms with Crippen LogP contribution in [0.25, 0.3) is 0 Å². The van der Waals surface area contributed by atoms with Gasteiger partial charge in [0.15, 0.2) is 12.1 Å². The summed E-state index contributed by atoms with van der Waals surface area (Å²) in [6, 6.07) is 4.29. The Bertz CT molecular complexity index is 370. The fourth-order valence-corrected chi connectivity index (χ4v) is 1.25. The van der Waals surface area contributed by atoms with E-state index in [0.29, 0.717) is 10.8 Å². The number of carbonyl (C=O) groups excluding carboxylic acids is 1. The fourth-order valence-electron chi connectivity index (χ4n) is 0.777. The van der Waals surface area contributed by atoms with Crippen LogP contribution in [-0.2, 0) is 0 Å². The SMILES string of the molecule is N#Cc1cc(Br)cc(C=O)c1F. The molecule has 0 saturated heterocycles. The molecule has 1 aromatic carbocycles. The van der Waals surface area contributed by atoms with Gasteiger partial charge in [0.05, 0.1) is 11.1 Å². The minimum absolute atomic E-state index is 0.110. The van der Waals surface area contributed by atoms with Crippen molar-refractivity contribution in [1.82, 2.24) is 0 Å². The number of hydrogen-bond donors (Lipinski definition) is 0. The van der Waals surface area contributed by atoms with Crippen molar-refractivity contribution >= 4 is 22.2 Å².